The number of ether oxygens (including phenoxy) is 4. The zero-order chi connectivity index (χ0) is 87.7. The summed E-state index contributed by atoms with van der Waals surface area (Å²) in [6, 6.07) is 30.6. The Labute approximate surface area is 738 Å². The van der Waals surface area contributed by atoms with Gasteiger partial charge in [-0.25, -0.2) is 17.6 Å². The number of anilines is 8. The average Bonchev–Trinajstić information content (AvgIpc) is 1.37. The van der Waals surface area contributed by atoms with E-state index in [0.29, 0.717) is 108 Å². The van der Waals surface area contributed by atoms with E-state index >= 15 is 0 Å². The van der Waals surface area contributed by atoms with Gasteiger partial charge in [-0.2, -0.15) is 39.9 Å². The van der Waals surface area contributed by atoms with E-state index in [1.807, 2.05) is 104 Å². The summed E-state index contributed by atoms with van der Waals surface area (Å²) in [5.41, 5.74) is 34.1. The van der Waals surface area contributed by atoms with Crippen LogP contribution in [0.5, 0.6) is 47.0 Å². The molecule has 8 aromatic heterocycles. The number of rotatable bonds is 17. The van der Waals surface area contributed by atoms with Gasteiger partial charge >= 0.3 is 24.0 Å². The van der Waals surface area contributed by atoms with Crippen LogP contribution in [0.4, 0.5) is 63.6 Å². The van der Waals surface area contributed by atoms with Crippen LogP contribution in [0.3, 0.4) is 0 Å². The SMILES string of the molecule is CNc1cc(F)cc2c1Cc1nc(Oc3ccc(C)nc3)nc(N3CC4(CC(N)C4)C3)c1-2.CNc1cc(F)cc2c1Cc1nc(Oc3ccc(C)nc3)nc(N3CC4CC3[C@H](N)C4)c1-2.CNc1cc(F)cc2c1Cc1nc(Oc3ccc(C)nc3)nc(N3CC4CCNC4C3)c1-2.CNc1cc(F)cc2c1Cc1nc(Oc3ccc(C)nc3)nc(N[C@@H]3CC4CC3CN4)c1-2. The van der Waals surface area contributed by atoms with Crippen molar-refractivity contribution in [3.8, 4) is 91.5 Å². The predicted molar refractivity (Wildman–Crippen MR) is 483 cm³/mol. The van der Waals surface area contributed by atoms with E-state index in [0.717, 1.165) is 230 Å². The van der Waals surface area contributed by atoms with Gasteiger partial charge in [-0.1, -0.05) is 0 Å². The second-order valence-electron chi connectivity index (χ2n) is 36.1. The lowest BCUT2D eigenvalue weighted by Gasteiger charge is -2.59. The molecular weight excluding hydrogens is 1630 g/mol. The molecule has 28 nitrogen and oxygen atoms in total. The van der Waals surface area contributed by atoms with Gasteiger partial charge in [0.1, 0.15) is 69.5 Å². The number of aryl methyl sites for hydroxylation is 4. The van der Waals surface area contributed by atoms with E-state index in [9.17, 15) is 17.6 Å². The first kappa shape index (κ1) is 82.0. The van der Waals surface area contributed by atoms with Gasteiger partial charge in [0, 0.05) is 203 Å². The minimum absolute atomic E-state index is 0.117. The highest BCUT2D eigenvalue weighted by Crippen LogP contribution is 2.56. The van der Waals surface area contributed by atoms with Crippen molar-refractivity contribution in [1.82, 2.24) is 70.4 Å². The van der Waals surface area contributed by atoms with Crippen LogP contribution in [-0.2, 0) is 25.7 Å². The van der Waals surface area contributed by atoms with Crippen molar-refractivity contribution in [3.05, 3.63) is 213 Å². The number of nitrogens with one attached hydrogen (secondary N) is 7. The summed E-state index contributed by atoms with van der Waals surface area (Å²) in [5, 5.41) is 23.3. The molecule has 4 aromatic carbocycles. The number of fused-ring (bicyclic) bond motifs is 17. The smallest absolute Gasteiger partial charge is 0.324 e. The van der Waals surface area contributed by atoms with Crippen molar-refractivity contribution >= 4 is 46.0 Å². The van der Waals surface area contributed by atoms with Crippen LogP contribution in [0, 0.1) is 74.1 Å². The first-order chi connectivity index (χ1) is 62.1. The molecule has 5 saturated heterocycles. The minimum atomic E-state index is -0.280. The monoisotopic (exact) mass is 1730 g/mol. The molecule has 656 valence electrons. The summed E-state index contributed by atoms with van der Waals surface area (Å²) >= 11 is 0. The van der Waals surface area contributed by atoms with Gasteiger partial charge in [-0.3, -0.25) is 19.9 Å². The van der Waals surface area contributed by atoms with E-state index in [1.54, 1.807) is 49.1 Å². The highest BCUT2D eigenvalue weighted by molar-refractivity contribution is 5.92. The number of benzene rings is 4. The Morgan fingerprint density at radius 3 is 1.23 bits per heavy atom. The Hall–Kier alpha value is -13.0. The largest absolute Gasteiger partial charge is 0.423 e. The zero-order valence-electron chi connectivity index (χ0n) is 72.5. The fraction of sp³-hybridized carbons (Fsp3) is 0.375. The minimum Gasteiger partial charge on any atom is -0.423 e. The van der Waals surface area contributed by atoms with Gasteiger partial charge in [0.2, 0.25) is 0 Å². The number of hydrogen-bond donors (Lipinski definition) is 9. The number of nitrogens with zero attached hydrogens (tertiary/aromatic N) is 15. The number of nitrogens with two attached hydrogens (primary N) is 2. The molecule has 3 saturated carbocycles. The maximum absolute atomic E-state index is 14.5. The molecule has 32 heteroatoms. The molecule has 6 unspecified atom stereocenters. The molecule has 8 fully saturated rings. The number of hydrogen-bond acceptors (Lipinski definition) is 28. The third-order valence-corrected chi connectivity index (χ3v) is 27.5. The number of aromatic nitrogens is 12. The van der Waals surface area contributed by atoms with E-state index in [1.165, 1.54) is 37.1 Å². The molecule has 0 radical (unpaired) electrons. The normalized spacial score (nSPS) is 21.0. The van der Waals surface area contributed by atoms with Crippen LogP contribution in [-0.4, -0.2) is 170 Å². The Morgan fingerprint density at radius 2 is 0.852 bits per heavy atom. The first-order valence-electron chi connectivity index (χ1n) is 44.2. The van der Waals surface area contributed by atoms with E-state index in [2.05, 4.69) is 71.9 Å². The molecule has 1 spiro atoms. The Morgan fingerprint density at radius 1 is 0.438 bits per heavy atom. The maximum atomic E-state index is 14.5. The fourth-order valence-electron chi connectivity index (χ4n) is 21.5. The summed E-state index contributed by atoms with van der Waals surface area (Å²) in [6.45, 7) is 14.3. The molecule has 7 aliphatic carbocycles. The predicted octanol–water partition coefficient (Wildman–Crippen LogP) is 14.7. The molecule has 5 aliphatic heterocycles. The summed E-state index contributed by atoms with van der Waals surface area (Å²) in [7, 11) is 7.24. The van der Waals surface area contributed by atoms with Crippen LogP contribution in [0.15, 0.2) is 122 Å². The van der Waals surface area contributed by atoms with Crippen molar-refractivity contribution in [2.24, 2.45) is 34.6 Å². The second-order valence-corrected chi connectivity index (χ2v) is 36.1. The van der Waals surface area contributed by atoms with Crippen LogP contribution < -0.4 is 82.3 Å². The fourth-order valence-corrected chi connectivity index (χ4v) is 21.5. The molecule has 0 amide bonds. The van der Waals surface area contributed by atoms with Crippen molar-refractivity contribution in [3.63, 3.8) is 0 Å². The van der Waals surface area contributed by atoms with Gasteiger partial charge in [0.15, 0.2) is 0 Å². The van der Waals surface area contributed by atoms with Crippen LogP contribution >= 0.6 is 0 Å². The Balaban J connectivity index is 0.000000104. The highest BCUT2D eigenvalue weighted by atomic mass is 19.1. The number of piperidine rings is 2. The summed E-state index contributed by atoms with van der Waals surface area (Å²) in [6.07, 6.45) is 16.7. The third-order valence-electron chi connectivity index (χ3n) is 27.5. The highest BCUT2D eigenvalue weighted by Gasteiger charge is 2.53. The van der Waals surface area contributed by atoms with Crippen molar-refractivity contribution < 1.29 is 36.5 Å². The molecule has 12 aliphatic rings. The van der Waals surface area contributed by atoms with Crippen molar-refractivity contribution in [1.29, 1.82) is 0 Å². The quantitative estimate of drug-likeness (QED) is 0.0382. The topological polar surface area (TPSA) is 338 Å². The molecule has 11 N–H and O–H groups in total. The molecule has 4 bridgehead atoms. The van der Waals surface area contributed by atoms with E-state index < -0.39 is 0 Å². The van der Waals surface area contributed by atoms with E-state index in [4.69, 9.17) is 70.3 Å². The standard InChI is InChI=1S/4C24H25FN6O/c1-13-3-4-16(10-28-13)32-23-29-20-7-17-18(5-14(25)6-19(17)27-2)21(20)22(30-23)31-11-24(12-31)8-15(26)9-24;1-12-3-4-16(11-27-12)32-24-30-21-9-17-18(6-14(25)7-20(17)26-2)22(21)23(31-24)29-19-8-15-5-13(19)10-28-15;1-12-3-4-15(10-28-12)32-24-29-20-9-16-17(7-14(25)8-19(16)27-2)22(20)23(30-24)31-11-13-5-18(26)21(31)6-13;1-13-3-4-16(10-28-13)32-24-29-20-9-17-18(7-15(25)8-19(17)26-2)22(20)23(30-24)31-11-14-5-6-27-21(14)12-31/h3-6,10,15,27H,7-9,11-12,26H2,1-2H3;3-4,6-7,11,13,15,19,26,28H,5,8-10H2,1-2H3,(H,29,30,31);3-4,7-8,10,13,18,21,27H,5-6,9,11,26H2,1-2H3;3-4,7-8,10,14,21,26-27H,5-6,9,11-12H2,1-2H3/t;13?,15?,19-;13?,18-,21?;/m.11./s1. The lowest BCUT2D eigenvalue weighted by Crippen LogP contribution is -2.65. The summed E-state index contributed by atoms with van der Waals surface area (Å²) in [4.78, 5) is 62.2. The number of pyridine rings is 4. The van der Waals surface area contributed by atoms with Gasteiger partial charge in [0.25, 0.3) is 0 Å². The molecule has 128 heavy (non-hydrogen) atoms. The summed E-state index contributed by atoms with van der Waals surface area (Å²) < 4.78 is 81.8. The molecule has 24 rings (SSSR count). The summed E-state index contributed by atoms with van der Waals surface area (Å²) in [5.74, 6) is 6.13. The van der Waals surface area contributed by atoms with Crippen molar-refractivity contribution in [2.75, 3.05) is 115 Å². The average molecular weight is 1730 g/mol. The van der Waals surface area contributed by atoms with Gasteiger partial charge in [0.05, 0.1) is 47.6 Å². The van der Waals surface area contributed by atoms with Gasteiger partial charge in [-0.15, -0.1) is 0 Å². The van der Waals surface area contributed by atoms with Crippen LogP contribution in [0.25, 0.3) is 44.5 Å². The number of halogens is 4. The first-order valence-corrected chi connectivity index (χ1v) is 44.2. The van der Waals surface area contributed by atoms with Crippen LogP contribution in [0.2, 0.25) is 0 Å². The Kier molecular flexibility index (Phi) is 21.1. The van der Waals surface area contributed by atoms with Gasteiger partial charge in [-0.05, 0) is 239 Å². The zero-order valence-corrected chi connectivity index (χ0v) is 72.5. The maximum Gasteiger partial charge on any atom is 0.324 e. The Bertz CT molecular complexity index is 6330. The lowest BCUT2D eigenvalue weighted by molar-refractivity contribution is 0.0658. The molecular formula is C96H100F4N24O4. The lowest BCUT2D eigenvalue weighted by atomic mass is 9.61. The molecule has 13 heterocycles. The second kappa shape index (κ2) is 33.0. The van der Waals surface area contributed by atoms with Crippen molar-refractivity contribution in [2.45, 2.75) is 135 Å². The molecule has 12 aromatic rings. The van der Waals surface area contributed by atoms with Crippen LogP contribution in [0.1, 0.15) is 113 Å². The molecule has 8 atom stereocenters. The third kappa shape index (κ3) is 15.5. The van der Waals surface area contributed by atoms with Gasteiger partial charge < -0.3 is 82.3 Å². The van der Waals surface area contributed by atoms with E-state index in [-0.39, 0.29) is 53.4 Å².